The molecule has 0 aliphatic heterocycles. The summed E-state index contributed by atoms with van der Waals surface area (Å²) in [6, 6.07) is 11.2. The Bertz CT molecular complexity index is 1290. The number of halogens is 1. The molecule has 1 amide bonds. The van der Waals surface area contributed by atoms with E-state index in [1.54, 1.807) is 37.3 Å². The molecule has 11 heteroatoms. The third kappa shape index (κ3) is 5.27. The fraction of sp³-hybridized carbons (Fsp3) is 0.150. The molecule has 0 radical (unpaired) electrons. The molecule has 0 unspecified atom stereocenters. The van der Waals surface area contributed by atoms with Gasteiger partial charge in [0.1, 0.15) is 5.75 Å². The van der Waals surface area contributed by atoms with Gasteiger partial charge in [-0.1, -0.05) is 41.6 Å². The number of benzene rings is 2. The maximum Gasteiger partial charge on any atom is 0.270 e. The van der Waals surface area contributed by atoms with E-state index in [0.29, 0.717) is 17.0 Å². The van der Waals surface area contributed by atoms with Gasteiger partial charge in [0, 0.05) is 5.02 Å². The summed E-state index contributed by atoms with van der Waals surface area (Å²) < 4.78 is 30.7. The van der Waals surface area contributed by atoms with Crippen LogP contribution >= 0.6 is 23.4 Å². The van der Waals surface area contributed by atoms with E-state index < -0.39 is 20.3 Å². The number of anilines is 1. The number of hydrogen-bond donors (Lipinski definition) is 2. The summed E-state index contributed by atoms with van der Waals surface area (Å²) in [5.74, 6) is 0.113. The Morgan fingerprint density at radius 3 is 2.68 bits per heavy atom. The highest BCUT2D eigenvalue weighted by molar-refractivity contribution is 7.99. The minimum Gasteiger partial charge on any atom is -0.495 e. The fourth-order valence-electron chi connectivity index (χ4n) is 2.57. The lowest BCUT2D eigenvalue weighted by Gasteiger charge is -2.09. The van der Waals surface area contributed by atoms with Crippen LogP contribution < -0.4 is 15.6 Å². The van der Waals surface area contributed by atoms with Crippen molar-refractivity contribution < 1.29 is 17.9 Å². The number of amides is 1. The van der Waals surface area contributed by atoms with E-state index in [2.05, 4.69) is 15.3 Å². The number of ether oxygens (including phenoxy) is 1. The second kappa shape index (κ2) is 9.54. The molecule has 8 nitrogen and oxygen atoms in total. The first-order chi connectivity index (χ1) is 14.7. The molecule has 2 N–H and O–H groups in total. The summed E-state index contributed by atoms with van der Waals surface area (Å²) in [5, 5.41) is 3.09. The number of carbonyl (C=O) groups excluding carboxylic acids is 1. The van der Waals surface area contributed by atoms with Crippen LogP contribution in [0.25, 0.3) is 0 Å². The van der Waals surface area contributed by atoms with Gasteiger partial charge >= 0.3 is 0 Å². The van der Waals surface area contributed by atoms with Gasteiger partial charge in [0.2, 0.25) is 15.7 Å². The molecule has 3 rings (SSSR count). The Labute approximate surface area is 187 Å². The first-order valence-corrected chi connectivity index (χ1v) is 11.7. The van der Waals surface area contributed by atoms with Crippen LogP contribution in [0.3, 0.4) is 0 Å². The number of methoxy groups -OCH3 is 1. The standard InChI is InChI=1S/C20H18ClN3O5S2/c1-12-7-8-13(9-14(12)21)31(27,28)17-10-22-20(24-19(17)26)30-11-18(25)23-15-5-3-4-6-16(15)29-2/h3-10H,11H2,1-2H3,(H,23,25)(H,22,24,26). The van der Waals surface area contributed by atoms with Crippen LogP contribution in [0.5, 0.6) is 5.75 Å². The fourth-order valence-corrected chi connectivity index (χ4v) is 4.71. The third-order valence-corrected chi connectivity index (χ3v) is 7.25. The van der Waals surface area contributed by atoms with Gasteiger partial charge in [-0.05, 0) is 36.8 Å². The number of sulfone groups is 1. The van der Waals surface area contributed by atoms with Gasteiger partial charge in [-0.2, -0.15) is 0 Å². The van der Waals surface area contributed by atoms with Crippen molar-refractivity contribution in [1.29, 1.82) is 0 Å². The molecule has 0 saturated heterocycles. The first-order valence-electron chi connectivity index (χ1n) is 8.88. The monoisotopic (exact) mass is 479 g/mol. The van der Waals surface area contributed by atoms with Crippen LogP contribution in [0.2, 0.25) is 5.02 Å². The molecule has 162 valence electrons. The van der Waals surface area contributed by atoms with E-state index in [-0.39, 0.29) is 26.7 Å². The predicted octanol–water partition coefficient (Wildman–Crippen LogP) is 3.30. The van der Waals surface area contributed by atoms with E-state index >= 15 is 0 Å². The number of hydrogen-bond acceptors (Lipinski definition) is 7. The summed E-state index contributed by atoms with van der Waals surface area (Å²) in [6.45, 7) is 1.74. The van der Waals surface area contributed by atoms with Gasteiger partial charge in [0.15, 0.2) is 10.1 Å². The van der Waals surface area contributed by atoms with Crippen molar-refractivity contribution in [2.45, 2.75) is 21.9 Å². The quantitative estimate of drug-likeness (QED) is 0.394. The molecule has 0 aliphatic rings. The molecule has 3 aromatic rings. The number of nitrogens with one attached hydrogen (secondary N) is 2. The number of aromatic nitrogens is 2. The lowest BCUT2D eigenvalue weighted by atomic mass is 10.2. The van der Waals surface area contributed by atoms with Crippen LogP contribution in [-0.4, -0.2) is 37.2 Å². The van der Waals surface area contributed by atoms with Crippen LogP contribution in [0.1, 0.15) is 5.56 Å². The van der Waals surface area contributed by atoms with E-state index in [1.807, 2.05) is 0 Å². The summed E-state index contributed by atoms with van der Waals surface area (Å²) in [7, 11) is -2.60. The molecular weight excluding hydrogens is 462 g/mol. The average molecular weight is 480 g/mol. The van der Waals surface area contributed by atoms with Crippen molar-refractivity contribution in [1.82, 2.24) is 9.97 Å². The maximum atomic E-state index is 12.8. The molecule has 0 spiro atoms. The first kappa shape index (κ1) is 22.9. The number of nitrogens with zero attached hydrogens (tertiary/aromatic N) is 1. The van der Waals surface area contributed by atoms with Crippen molar-refractivity contribution in [2.75, 3.05) is 18.2 Å². The van der Waals surface area contributed by atoms with Crippen molar-refractivity contribution in [2.24, 2.45) is 0 Å². The van der Waals surface area contributed by atoms with Crippen LogP contribution in [0, 0.1) is 6.92 Å². The van der Waals surface area contributed by atoms with Gasteiger partial charge in [-0.3, -0.25) is 9.59 Å². The number of aryl methyl sites for hydroxylation is 1. The van der Waals surface area contributed by atoms with Gasteiger partial charge in [0.25, 0.3) is 5.56 Å². The van der Waals surface area contributed by atoms with Crippen molar-refractivity contribution >= 4 is 44.8 Å². The highest BCUT2D eigenvalue weighted by atomic mass is 35.5. The Morgan fingerprint density at radius 1 is 1.26 bits per heavy atom. The zero-order valence-corrected chi connectivity index (χ0v) is 18.9. The number of rotatable bonds is 7. The zero-order chi connectivity index (χ0) is 22.6. The normalized spacial score (nSPS) is 11.2. The smallest absolute Gasteiger partial charge is 0.270 e. The molecule has 1 heterocycles. The molecule has 0 atom stereocenters. The zero-order valence-electron chi connectivity index (χ0n) is 16.5. The van der Waals surface area contributed by atoms with Crippen LogP contribution in [0.4, 0.5) is 5.69 Å². The highest BCUT2D eigenvalue weighted by Crippen LogP contribution is 2.25. The lowest BCUT2D eigenvalue weighted by molar-refractivity contribution is -0.113. The number of aromatic amines is 1. The van der Waals surface area contributed by atoms with Gasteiger partial charge < -0.3 is 15.0 Å². The van der Waals surface area contributed by atoms with Gasteiger partial charge in [0.05, 0.1) is 29.6 Å². The topological polar surface area (TPSA) is 118 Å². The van der Waals surface area contributed by atoms with Crippen LogP contribution in [-0.2, 0) is 14.6 Å². The molecule has 0 bridgehead atoms. The van der Waals surface area contributed by atoms with Crippen molar-refractivity contribution in [3.05, 3.63) is 69.6 Å². The molecule has 31 heavy (non-hydrogen) atoms. The summed E-state index contributed by atoms with van der Waals surface area (Å²) in [4.78, 5) is 30.4. The van der Waals surface area contributed by atoms with Crippen molar-refractivity contribution in [3.8, 4) is 5.75 Å². The molecular formula is C20H18ClN3O5S2. The number of H-pyrrole nitrogens is 1. The average Bonchev–Trinajstić information content (AvgIpc) is 2.74. The van der Waals surface area contributed by atoms with E-state index in [0.717, 1.165) is 18.0 Å². The number of para-hydroxylation sites is 2. The Hall–Kier alpha value is -2.82. The predicted molar refractivity (Wildman–Crippen MR) is 119 cm³/mol. The van der Waals surface area contributed by atoms with Crippen LogP contribution in [0.15, 0.2) is 68.4 Å². The molecule has 2 aromatic carbocycles. The van der Waals surface area contributed by atoms with Gasteiger partial charge in [-0.15, -0.1) is 0 Å². The van der Waals surface area contributed by atoms with Crippen molar-refractivity contribution in [3.63, 3.8) is 0 Å². The molecule has 1 aromatic heterocycles. The third-order valence-electron chi connectivity index (χ3n) is 4.21. The van der Waals surface area contributed by atoms with E-state index in [1.165, 1.54) is 19.2 Å². The molecule has 0 aliphatic carbocycles. The Balaban J connectivity index is 1.73. The number of carbonyl (C=O) groups is 1. The Kier molecular flexibility index (Phi) is 7.04. The second-order valence-corrected chi connectivity index (χ2v) is 9.62. The highest BCUT2D eigenvalue weighted by Gasteiger charge is 2.23. The minimum absolute atomic E-state index is 0.0549. The molecule has 0 saturated carbocycles. The summed E-state index contributed by atoms with van der Waals surface area (Å²) in [5.41, 5.74) is 0.389. The summed E-state index contributed by atoms with van der Waals surface area (Å²) >= 11 is 6.96. The van der Waals surface area contributed by atoms with Gasteiger partial charge in [-0.25, -0.2) is 13.4 Å². The SMILES string of the molecule is COc1ccccc1NC(=O)CSc1ncc(S(=O)(=O)c2ccc(C)c(Cl)c2)c(=O)[nH]1. The summed E-state index contributed by atoms with van der Waals surface area (Å²) in [6.07, 6.45) is 0.975. The maximum absolute atomic E-state index is 12.8. The molecule has 0 fully saturated rings. The lowest BCUT2D eigenvalue weighted by Crippen LogP contribution is -2.20. The van der Waals surface area contributed by atoms with E-state index in [4.69, 9.17) is 16.3 Å². The second-order valence-electron chi connectivity index (χ2n) is 6.33. The largest absolute Gasteiger partial charge is 0.495 e. The minimum atomic E-state index is -4.10. The van der Waals surface area contributed by atoms with E-state index in [9.17, 15) is 18.0 Å². The Morgan fingerprint density at radius 2 is 2.00 bits per heavy atom. The number of thioether (sulfide) groups is 1.